The molecule has 0 aromatic carbocycles. The summed E-state index contributed by atoms with van der Waals surface area (Å²) in [6.45, 7) is 1.89. The van der Waals surface area contributed by atoms with Crippen LogP contribution in [-0.2, 0) is 12.8 Å². The van der Waals surface area contributed by atoms with E-state index in [-0.39, 0.29) is 0 Å². The monoisotopic (exact) mass is 335 g/mol. The van der Waals surface area contributed by atoms with Gasteiger partial charge in [-0.15, -0.1) is 5.10 Å². The molecular weight excluding hydrogens is 314 g/mol. The molecule has 2 aliphatic rings. The van der Waals surface area contributed by atoms with E-state index < -0.39 is 0 Å². The number of fused-ring (bicyclic) bond motifs is 2. The lowest BCUT2D eigenvalue weighted by molar-refractivity contribution is 0.487. The maximum absolute atomic E-state index is 4.49. The highest BCUT2D eigenvalue weighted by Gasteiger charge is 2.33. The van der Waals surface area contributed by atoms with Crippen LogP contribution in [0.1, 0.15) is 24.1 Å². The normalized spacial score (nSPS) is 17.4. The number of aromatic nitrogens is 5. The third kappa shape index (κ3) is 2.42. The Morgan fingerprint density at radius 1 is 1.16 bits per heavy atom. The molecule has 0 spiro atoms. The molecule has 0 saturated carbocycles. The summed E-state index contributed by atoms with van der Waals surface area (Å²) in [6.07, 6.45) is 8.26. The molecule has 1 aliphatic heterocycles. The third-order valence-corrected chi connectivity index (χ3v) is 5.46. The molecule has 1 N–H and O–H groups in total. The number of aryl methyl sites for hydroxylation is 2. The second-order valence-electron chi connectivity index (χ2n) is 6.99. The van der Waals surface area contributed by atoms with Crippen LogP contribution >= 0.6 is 0 Å². The summed E-state index contributed by atoms with van der Waals surface area (Å²) >= 11 is 0. The van der Waals surface area contributed by atoms with Crippen molar-refractivity contribution >= 4 is 22.7 Å². The number of hydrogen-bond donors (Lipinski definition) is 1. The quantitative estimate of drug-likeness (QED) is 0.789. The van der Waals surface area contributed by atoms with Gasteiger partial charge in [0.25, 0.3) is 0 Å². The molecule has 1 fully saturated rings. The Bertz CT molecular complexity index is 913. The molecule has 0 atom stereocenters. The molecule has 5 rings (SSSR count). The summed E-state index contributed by atoms with van der Waals surface area (Å²) in [5.74, 6) is 1.99. The average Bonchev–Trinajstić information content (AvgIpc) is 3.09. The van der Waals surface area contributed by atoms with E-state index in [0.717, 1.165) is 48.6 Å². The van der Waals surface area contributed by atoms with Crippen molar-refractivity contribution in [1.29, 1.82) is 0 Å². The Labute approximate surface area is 146 Å². The topological polar surface area (TPSA) is 73.8 Å². The van der Waals surface area contributed by atoms with Gasteiger partial charge in [-0.2, -0.15) is 5.10 Å². The van der Waals surface area contributed by atoms with Crippen LogP contribution in [0.15, 0.2) is 24.7 Å². The van der Waals surface area contributed by atoms with Crippen molar-refractivity contribution in [1.82, 2.24) is 25.1 Å². The van der Waals surface area contributed by atoms with Crippen molar-refractivity contribution in [2.45, 2.75) is 31.7 Å². The highest BCUT2D eigenvalue weighted by Crippen LogP contribution is 2.29. The van der Waals surface area contributed by atoms with Crippen molar-refractivity contribution in [2.24, 2.45) is 0 Å². The molecule has 0 bridgehead atoms. The Balaban J connectivity index is 1.32. The number of likely N-dealkylation sites (N-methyl/N-ethyl adjacent to an activating group) is 1. The highest BCUT2D eigenvalue weighted by molar-refractivity contribution is 5.87. The first kappa shape index (κ1) is 14.6. The Morgan fingerprint density at radius 3 is 2.96 bits per heavy atom. The van der Waals surface area contributed by atoms with Crippen LogP contribution in [0.5, 0.6) is 0 Å². The van der Waals surface area contributed by atoms with Gasteiger partial charge in [0, 0.05) is 26.3 Å². The van der Waals surface area contributed by atoms with Gasteiger partial charge in [-0.05, 0) is 43.4 Å². The second-order valence-corrected chi connectivity index (χ2v) is 6.99. The number of aromatic amines is 1. The lowest BCUT2D eigenvalue weighted by Gasteiger charge is -2.45. The first-order valence-electron chi connectivity index (χ1n) is 8.91. The van der Waals surface area contributed by atoms with Crippen LogP contribution in [0.3, 0.4) is 0 Å². The fraction of sp³-hybridized carbons (Fsp3) is 0.444. The average molecular weight is 335 g/mol. The standard InChI is InChI=1S/C18H21N7/c1-24(18-14-6-7-19-17(14)20-11-21-18)13-9-25(10-13)16-8-12-4-2-3-5-15(12)22-23-16/h6-8,11,13H,2-5,9-10H2,1H3,(H,19,20,21). The van der Waals surface area contributed by atoms with Gasteiger partial charge in [-0.25, -0.2) is 9.97 Å². The van der Waals surface area contributed by atoms with E-state index in [1.807, 2.05) is 12.3 Å². The smallest absolute Gasteiger partial charge is 0.151 e. The van der Waals surface area contributed by atoms with Crippen molar-refractivity contribution in [2.75, 3.05) is 29.9 Å². The number of hydrogen-bond acceptors (Lipinski definition) is 6. The zero-order chi connectivity index (χ0) is 16.8. The van der Waals surface area contributed by atoms with Gasteiger partial charge >= 0.3 is 0 Å². The van der Waals surface area contributed by atoms with E-state index in [0.29, 0.717) is 6.04 Å². The molecule has 128 valence electrons. The molecule has 7 nitrogen and oxygen atoms in total. The van der Waals surface area contributed by atoms with Crippen molar-refractivity contribution in [3.05, 3.63) is 35.9 Å². The minimum absolute atomic E-state index is 0.422. The molecule has 0 unspecified atom stereocenters. The van der Waals surface area contributed by atoms with Crippen molar-refractivity contribution in [3.63, 3.8) is 0 Å². The van der Waals surface area contributed by atoms with Crippen LogP contribution < -0.4 is 9.80 Å². The first-order chi connectivity index (χ1) is 12.3. The zero-order valence-electron chi connectivity index (χ0n) is 14.3. The fourth-order valence-electron chi connectivity index (χ4n) is 3.83. The van der Waals surface area contributed by atoms with Gasteiger partial charge in [0.05, 0.1) is 17.1 Å². The Kier molecular flexibility index (Phi) is 3.33. The molecule has 0 amide bonds. The summed E-state index contributed by atoms with van der Waals surface area (Å²) in [6, 6.07) is 4.70. The van der Waals surface area contributed by atoms with Crippen molar-refractivity contribution < 1.29 is 0 Å². The zero-order valence-corrected chi connectivity index (χ0v) is 14.3. The van der Waals surface area contributed by atoms with Crippen LogP contribution in [0, 0.1) is 0 Å². The lowest BCUT2D eigenvalue weighted by atomic mass is 9.96. The predicted molar refractivity (Wildman–Crippen MR) is 97.0 cm³/mol. The van der Waals surface area contributed by atoms with Gasteiger partial charge in [0.2, 0.25) is 0 Å². The van der Waals surface area contributed by atoms with Crippen LogP contribution in [0.25, 0.3) is 11.0 Å². The van der Waals surface area contributed by atoms with Crippen LogP contribution in [-0.4, -0.2) is 51.3 Å². The summed E-state index contributed by atoms with van der Waals surface area (Å²) in [7, 11) is 2.11. The Hall–Kier alpha value is -2.70. The summed E-state index contributed by atoms with van der Waals surface area (Å²) in [4.78, 5) is 16.5. The molecule has 4 heterocycles. The number of anilines is 2. The van der Waals surface area contributed by atoms with E-state index in [9.17, 15) is 0 Å². The number of rotatable bonds is 3. The van der Waals surface area contributed by atoms with E-state index in [2.05, 4.69) is 48.1 Å². The van der Waals surface area contributed by atoms with Crippen molar-refractivity contribution in [3.8, 4) is 0 Å². The number of nitrogens with zero attached hydrogens (tertiary/aromatic N) is 6. The van der Waals surface area contributed by atoms with E-state index in [1.54, 1.807) is 6.33 Å². The SMILES string of the molecule is CN(c1ncnc2[nH]ccc12)C1CN(c2cc3c(nn2)CCCC3)C1. The number of nitrogens with one attached hydrogen (secondary N) is 1. The molecule has 1 saturated heterocycles. The molecule has 3 aromatic heterocycles. The number of H-pyrrole nitrogens is 1. The van der Waals surface area contributed by atoms with E-state index in [1.165, 1.54) is 24.1 Å². The minimum Gasteiger partial charge on any atom is -0.352 e. The second kappa shape index (κ2) is 5.68. The largest absolute Gasteiger partial charge is 0.352 e. The van der Waals surface area contributed by atoms with E-state index in [4.69, 9.17) is 0 Å². The Morgan fingerprint density at radius 2 is 2.04 bits per heavy atom. The highest BCUT2D eigenvalue weighted by atomic mass is 15.4. The molecule has 3 aromatic rings. The van der Waals surface area contributed by atoms with Gasteiger partial charge in [-0.1, -0.05) is 0 Å². The molecule has 0 radical (unpaired) electrons. The van der Waals surface area contributed by atoms with E-state index >= 15 is 0 Å². The molecule has 1 aliphatic carbocycles. The van der Waals surface area contributed by atoms with Gasteiger partial charge in [0.15, 0.2) is 5.82 Å². The predicted octanol–water partition coefficient (Wildman–Crippen LogP) is 1.95. The summed E-state index contributed by atoms with van der Waals surface area (Å²) in [5, 5.41) is 9.97. The summed E-state index contributed by atoms with van der Waals surface area (Å²) in [5.41, 5.74) is 3.46. The van der Waals surface area contributed by atoms with Gasteiger partial charge < -0.3 is 14.8 Å². The minimum atomic E-state index is 0.422. The molecule has 25 heavy (non-hydrogen) atoms. The first-order valence-corrected chi connectivity index (χ1v) is 8.91. The van der Waals surface area contributed by atoms with Gasteiger partial charge in [0.1, 0.15) is 17.8 Å². The van der Waals surface area contributed by atoms with Crippen LogP contribution in [0.2, 0.25) is 0 Å². The fourth-order valence-corrected chi connectivity index (χ4v) is 3.83. The third-order valence-electron chi connectivity index (χ3n) is 5.46. The summed E-state index contributed by atoms with van der Waals surface area (Å²) < 4.78 is 0. The maximum atomic E-state index is 4.49. The van der Waals surface area contributed by atoms with Crippen LogP contribution in [0.4, 0.5) is 11.6 Å². The lowest BCUT2D eigenvalue weighted by Crippen LogP contribution is -2.59. The molecular formula is C18H21N7. The van der Waals surface area contributed by atoms with Gasteiger partial charge in [-0.3, -0.25) is 0 Å². The maximum Gasteiger partial charge on any atom is 0.151 e. The molecule has 7 heteroatoms.